The summed E-state index contributed by atoms with van der Waals surface area (Å²) < 4.78 is 23.0. The lowest BCUT2D eigenvalue weighted by atomic mass is 10.0. The van der Waals surface area contributed by atoms with Gasteiger partial charge in [-0.3, -0.25) is 9.69 Å². The van der Waals surface area contributed by atoms with Gasteiger partial charge in [-0.15, -0.1) is 0 Å². The minimum absolute atomic E-state index is 0.0224. The second-order valence-corrected chi connectivity index (χ2v) is 8.17. The van der Waals surface area contributed by atoms with Crippen LogP contribution < -0.4 is 5.32 Å². The van der Waals surface area contributed by atoms with Crippen LogP contribution in [-0.2, 0) is 14.6 Å². The summed E-state index contributed by atoms with van der Waals surface area (Å²) in [7, 11) is -3.06. The van der Waals surface area contributed by atoms with E-state index in [0.717, 1.165) is 0 Å². The van der Waals surface area contributed by atoms with Gasteiger partial charge in [-0.05, 0) is 13.3 Å². The maximum Gasteiger partial charge on any atom is 0.317 e. The van der Waals surface area contributed by atoms with Gasteiger partial charge in [0.1, 0.15) is 0 Å². The van der Waals surface area contributed by atoms with Gasteiger partial charge in [-0.2, -0.15) is 0 Å². The molecule has 0 aromatic carbocycles. The first-order chi connectivity index (χ1) is 9.69. The Balaban J connectivity index is 1.84. The molecule has 1 unspecified atom stereocenters. The highest BCUT2D eigenvalue weighted by Crippen LogP contribution is 2.23. The quantitative estimate of drug-likeness (QED) is 0.689. The minimum Gasteiger partial charge on any atom is -0.480 e. The van der Waals surface area contributed by atoms with Crippen molar-refractivity contribution in [2.45, 2.75) is 18.9 Å². The number of carboxylic acid groups (broad SMARTS) is 1. The highest BCUT2D eigenvalue weighted by molar-refractivity contribution is 7.91. The highest BCUT2D eigenvalue weighted by Gasteiger charge is 2.40. The van der Waals surface area contributed by atoms with Crippen LogP contribution in [0.15, 0.2) is 0 Å². The molecule has 0 radical (unpaired) electrons. The zero-order valence-electron chi connectivity index (χ0n) is 12.0. The van der Waals surface area contributed by atoms with E-state index in [2.05, 4.69) is 5.32 Å². The number of hydrogen-bond donors (Lipinski definition) is 2. The average molecular weight is 319 g/mol. The van der Waals surface area contributed by atoms with Crippen LogP contribution >= 0.6 is 0 Å². The van der Waals surface area contributed by atoms with Crippen LogP contribution in [0, 0.1) is 0 Å². The van der Waals surface area contributed by atoms with Gasteiger partial charge in [0, 0.05) is 26.2 Å². The Bertz CT molecular complexity index is 527. The van der Waals surface area contributed by atoms with Gasteiger partial charge in [0.05, 0.1) is 23.6 Å². The number of carbonyl (C=O) groups excluding carboxylic acids is 1. The molecule has 0 aromatic heterocycles. The number of carboxylic acids is 1. The molecule has 21 heavy (non-hydrogen) atoms. The zero-order chi connectivity index (χ0) is 15.7. The van der Waals surface area contributed by atoms with Gasteiger partial charge >= 0.3 is 12.0 Å². The number of carbonyl (C=O) groups is 2. The van der Waals surface area contributed by atoms with Crippen LogP contribution in [-0.4, -0.2) is 85.1 Å². The third-order valence-corrected chi connectivity index (χ3v) is 5.83. The Morgan fingerprint density at radius 2 is 1.86 bits per heavy atom. The fraction of sp³-hybridized carbons (Fsp3) is 0.833. The van der Waals surface area contributed by atoms with E-state index in [0.29, 0.717) is 32.6 Å². The molecule has 2 aliphatic rings. The van der Waals surface area contributed by atoms with Crippen molar-refractivity contribution in [2.24, 2.45) is 0 Å². The van der Waals surface area contributed by atoms with Gasteiger partial charge < -0.3 is 15.3 Å². The van der Waals surface area contributed by atoms with Crippen molar-refractivity contribution in [3.8, 4) is 0 Å². The van der Waals surface area contributed by atoms with Gasteiger partial charge in [-0.25, -0.2) is 13.2 Å². The highest BCUT2D eigenvalue weighted by atomic mass is 32.2. The van der Waals surface area contributed by atoms with Gasteiger partial charge in [0.25, 0.3) is 0 Å². The second-order valence-electron chi connectivity index (χ2n) is 5.99. The Morgan fingerprint density at radius 3 is 2.33 bits per heavy atom. The lowest BCUT2D eigenvalue weighted by Gasteiger charge is -2.36. The van der Waals surface area contributed by atoms with Crippen LogP contribution in [0.4, 0.5) is 4.79 Å². The Morgan fingerprint density at radius 1 is 1.24 bits per heavy atom. The molecule has 2 amide bonds. The molecule has 1 atom stereocenters. The van der Waals surface area contributed by atoms with Crippen molar-refractivity contribution in [3.05, 3.63) is 0 Å². The third-order valence-electron chi connectivity index (χ3n) is 3.93. The van der Waals surface area contributed by atoms with Gasteiger partial charge in [0.15, 0.2) is 9.84 Å². The van der Waals surface area contributed by atoms with Crippen molar-refractivity contribution < 1.29 is 23.1 Å². The van der Waals surface area contributed by atoms with E-state index in [4.69, 9.17) is 5.11 Å². The number of urea groups is 1. The maximum atomic E-state index is 12.2. The summed E-state index contributed by atoms with van der Waals surface area (Å²) in [6.45, 7) is 3.63. The van der Waals surface area contributed by atoms with Crippen molar-refractivity contribution in [1.29, 1.82) is 0 Å². The van der Waals surface area contributed by atoms with Crippen molar-refractivity contribution in [2.75, 3.05) is 44.2 Å². The Kier molecular flexibility index (Phi) is 4.43. The molecule has 0 aliphatic carbocycles. The van der Waals surface area contributed by atoms with Gasteiger partial charge in [0.2, 0.25) is 0 Å². The number of nitrogens with one attached hydrogen (secondary N) is 1. The average Bonchev–Trinajstić information content (AvgIpc) is 2.63. The zero-order valence-corrected chi connectivity index (χ0v) is 12.9. The van der Waals surface area contributed by atoms with E-state index >= 15 is 0 Å². The first kappa shape index (κ1) is 16.0. The molecule has 2 N–H and O–H groups in total. The van der Waals surface area contributed by atoms with Crippen LogP contribution in [0.25, 0.3) is 0 Å². The molecule has 0 aromatic rings. The standard InChI is InChI=1S/C12H21N3O5S/c1-12(2-7-21(19,20)9-12)13-11(18)15-5-3-14(4-6-15)8-10(16)17/h2-9H2,1H3,(H,13,18)(H,16,17). The number of amides is 2. The Labute approximate surface area is 124 Å². The van der Waals surface area contributed by atoms with E-state index in [-0.39, 0.29) is 24.1 Å². The summed E-state index contributed by atoms with van der Waals surface area (Å²) in [4.78, 5) is 26.2. The number of nitrogens with zero attached hydrogens (tertiary/aromatic N) is 2. The number of aliphatic carboxylic acids is 1. The molecule has 120 valence electrons. The van der Waals surface area contributed by atoms with Crippen molar-refractivity contribution in [3.63, 3.8) is 0 Å². The molecule has 2 rings (SSSR count). The van der Waals surface area contributed by atoms with E-state index in [1.807, 2.05) is 0 Å². The number of sulfone groups is 1. The van der Waals surface area contributed by atoms with Crippen LogP contribution in [0.1, 0.15) is 13.3 Å². The van der Waals surface area contributed by atoms with Crippen LogP contribution in [0.3, 0.4) is 0 Å². The molecular formula is C12H21N3O5S. The molecule has 2 fully saturated rings. The number of hydrogen-bond acceptors (Lipinski definition) is 5. The monoisotopic (exact) mass is 319 g/mol. The fourth-order valence-electron chi connectivity index (χ4n) is 2.75. The third kappa shape index (κ3) is 4.31. The topological polar surface area (TPSA) is 107 Å². The largest absolute Gasteiger partial charge is 0.480 e. The predicted octanol–water partition coefficient (Wildman–Crippen LogP) is -1.02. The van der Waals surface area contributed by atoms with E-state index in [1.54, 1.807) is 16.7 Å². The molecule has 2 saturated heterocycles. The molecule has 8 nitrogen and oxygen atoms in total. The lowest BCUT2D eigenvalue weighted by molar-refractivity contribution is -0.138. The van der Waals surface area contributed by atoms with Crippen molar-refractivity contribution in [1.82, 2.24) is 15.1 Å². The lowest BCUT2D eigenvalue weighted by Crippen LogP contribution is -2.57. The predicted molar refractivity (Wildman–Crippen MR) is 75.9 cm³/mol. The number of piperazine rings is 1. The fourth-order valence-corrected chi connectivity index (χ4v) is 4.84. The van der Waals surface area contributed by atoms with Crippen molar-refractivity contribution >= 4 is 21.8 Å². The van der Waals surface area contributed by atoms with E-state index in [1.165, 1.54) is 0 Å². The molecular weight excluding hydrogens is 298 g/mol. The molecule has 0 saturated carbocycles. The molecule has 0 bridgehead atoms. The summed E-state index contributed by atoms with van der Waals surface area (Å²) in [5, 5.41) is 11.5. The van der Waals surface area contributed by atoms with E-state index in [9.17, 15) is 18.0 Å². The molecule has 2 aliphatic heterocycles. The van der Waals surface area contributed by atoms with E-state index < -0.39 is 21.3 Å². The smallest absolute Gasteiger partial charge is 0.317 e. The summed E-state index contributed by atoms with van der Waals surface area (Å²) in [6.07, 6.45) is 0.431. The summed E-state index contributed by atoms with van der Waals surface area (Å²) in [5.74, 6) is -0.794. The van der Waals surface area contributed by atoms with Gasteiger partial charge in [-0.1, -0.05) is 0 Å². The second kappa shape index (κ2) is 5.80. The molecule has 9 heteroatoms. The molecule has 0 spiro atoms. The SMILES string of the molecule is CC1(NC(=O)N2CCN(CC(=O)O)CC2)CCS(=O)(=O)C1. The summed E-state index contributed by atoms with van der Waals surface area (Å²) in [6, 6.07) is -0.274. The first-order valence-corrected chi connectivity index (χ1v) is 8.73. The normalized spacial score (nSPS) is 29.3. The first-order valence-electron chi connectivity index (χ1n) is 6.91. The minimum atomic E-state index is -3.06. The molecule has 2 heterocycles. The summed E-state index contributed by atoms with van der Waals surface area (Å²) in [5.41, 5.74) is -0.700. The Hall–Kier alpha value is -1.35. The maximum absolute atomic E-state index is 12.2. The summed E-state index contributed by atoms with van der Waals surface area (Å²) >= 11 is 0. The van der Waals surface area contributed by atoms with Crippen LogP contribution in [0.2, 0.25) is 0 Å². The van der Waals surface area contributed by atoms with Crippen LogP contribution in [0.5, 0.6) is 0 Å². The number of rotatable bonds is 3.